The molecule has 1 saturated heterocycles. The van der Waals surface area contributed by atoms with Gasteiger partial charge in [0.2, 0.25) is 0 Å². The van der Waals surface area contributed by atoms with Crippen molar-refractivity contribution < 1.29 is 0 Å². The zero-order chi connectivity index (χ0) is 12.3. The number of halogens is 1. The van der Waals surface area contributed by atoms with E-state index in [-0.39, 0.29) is 0 Å². The molecule has 2 nitrogen and oxygen atoms in total. The normalized spacial score (nSPS) is 22.0. The number of rotatable bonds is 3. The van der Waals surface area contributed by atoms with Crippen molar-refractivity contribution in [2.45, 2.75) is 26.4 Å². The lowest BCUT2D eigenvalue weighted by atomic mass is 10.0. The first kappa shape index (κ1) is 13.3. The summed E-state index contributed by atoms with van der Waals surface area (Å²) in [6.07, 6.45) is 0. The van der Waals surface area contributed by atoms with E-state index in [1.807, 2.05) is 0 Å². The molecule has 1 heterocycles. The van der Waals surface area contributed by atoms with Crippen molar-refractivity contribution in [3.63, 3.8) is 0 Å². The molecule has 0 spiro atoms. The van der Waals surface area contributed by atoms with Crippen molar-refractivity contribution in [3.05, 3.63) is 33.4 Å². The molecule has 1 unspecified atom stereocenters. The highest BCUT2D eigenvalue weighted by Gasteiger charge is 2.21. The summed E-state index contributed by atoms with van der Waals surface area (Å²) in [6, 6.07) is 9.52. The zero-order valence-corrected chi connectivity index (χ0v) is 12.8. The van der Waals surface area contributed by atoms with Crippen molar-refractivity contribution in [1.82, 2.24) is 10.2 Å². The molecule has 0 aliphatic carbocycles. The average molecular weight is 344 g/mol. The lowest BCUT2D eigenvalue weighted by Crippen LogP contribution is -2.52. The van der Waals surface area contributed by atoms with E-state index in [9.17, 15) is 0 Å². The van der Waals surface area contributed by atoms with Crippen LogP contribution in [0.1, 0.15) is 19.4 Å². The fourth-order valence-electron chi connectivity index (χ4n) is 2.28. The number of hydrogen-bond acceptors (Lipinski definition) is 2. The predicted molar refractivity (Wildman–Crippen MR) is 81.1 cm³/mol. The van der Waals surface area contributed by atoms with Crippen LogP contribution in [0.4, 0.5) is 0 Å². The van der Waals surface area contributed by atoms with Crippen LogP contribution in [0.3, 0.4) is 0 Å². The van der Waals surface area contributed by atoms with E-state index >= 15 is 0 Å². The van der Waals surface area contributed by atoms with Crippen LogP contribution in [0.25, 0.3) is 0 Å². The Balaban J connectivity index is 1.92. The molecule has 0 saturated carbocycles. The highest BCUT2D eigenvalue weighted by atomic mass is 127. The van der Waals surface area contributed by atoms with Crippen LogP contribution in [-0.2, 0) is 6.54 Å². The summed E-state index contributed by atoms with van der Waals surface area (Å²) in [5, 5.41) is 3.60. The first-order chi connectivity index (χ1) is 8.15. The Hall–Kier alpha value is -0.130. The van der Waals surface area contributed by atoms with Crippen LogP contribution in [0.5, 0.6) is 0 Å². The zero-order valence-electron chi connectivity index (χ0n) is 10.6. The molecular weight excluding hydrogens is 323 g/mol. The smallest absolute Gasteiger partial charge is 0.0234 e. The minimum atomic E-state index is 0.646. The average Bonchev–Trinajstić information content (AvgIpc) is 2.32. The maximum absolute atomic E-state index is 3.60. The summed E-state index contributed by atoms with van der Waals surface area (Å²) in [7, 11) is 0. The second kappa shape index (κ2) is 6.16. The molecule has 1 fully saturated rings. The van der Waals surface area contributed by atoms with E-state index in [2.05, 4.69) is 70.9 Å². The van der Waals surface area contributed by atoms with Gasteiger partial charge in [-0.05, 0) is 46.2 Å². The van der Waals surface area contributed by atoms with E-state index in [1.165, 1.54) is 15.7 Å². The number of benzene rings is 1. The topological polar surface area (TPSA) is 15.3 Å². The Morgan fingerprint density at radius 1 is 1.35 bits per heavy atom. The van der Waals surface area contributed by atoms with Crippen molar-refractivity contribution in [2.75, 3.05) is 19.6 Å². The molecule has 1 aliphatic heterocycles. The van der Waals surface area contributed by atoms with E-state index < -0.39 is 0 Å². The highest BCUT2D eigenvalue weighted by Crippen LogP contribution is 2.13. The van der Waals surface area contributed by atoms with Gasteiger partial charge in [-0.2, -0.15) is 0 Å². The summed E-state index contributed by atoms with van der Waals surface area (Å²) in [4.78, 5) is 2.56. The molecule has 0 bridgehead atoms. The van der Waals surface area contributed by atoms with Gasteiger partial charge in [-0.1, -0.05) is 26.0 Å². The Morgan fingerprint density at radius 3 is 2.71 bits per heavy atom. The molecule has 1 N–H and O–H groups in total. The number of piperazine rings is 1. The highest BCUT2D eigenvalue weighted by molar-refractivity contribution is 14.1. The second-order valence-electron chi connectivity index (χ2n) is 5.17. The van der Waals surface area contributed by atoms with Crippen LogP contribution in [0.15, 0.2) is 24.3 Å². The maximum atomic E-state index is 3.60. The van der Waals surface area contributed by atoms with E-state index in [1.54, 1.807) is 0 Å². The Labute approximate surface area is 118 Å². The van der Waals surface area contributed by atoms with Crippen molar-refractivity contribution >= 4 is 22.6 Å². The van der Waals surface area contributed by atoms with Gasteiger partial charge in [-0.25, -0.2) is 0 Å². The maximum Gasteiger partial charge on any atom is 0.0234 e. The number of nitrogens with zero attached hydrogens (tertiary/aromatic N) is 1. The van der Waals surface area contributed by atoms with Gasteiger partial charge in [-0.15, -0.1) is 0 Å². The molecule has 94 valence electrons. The van der Waals surface area contributed by atoms with Crippen molar-refractivity contribution in [1.29, 1.82) is 0 Å². The standard InChI is InChI=1S/C14H21IN2/c1-11(2)14-10-17(8-7-16-14)9-12-3-5-13(15)6-4-12/h3-6,11,14,16H,7-10H2,1-2H3. The molecule has 3 heteroatoms. The summed E-state index contributed by atoms with van der Waals surface area (Å²) in [5.41, 5.74) is 1.43. The van der Waals surface area contributed by atoms with Crippen molar-refractivity contribution in [3.8, 4) is 0 Å². The third-order valence-electron chi connectivity index (χ3n) is 3.41. The van der Waals surface area contributed by atoms with E-state index in [0.29, 0.717) is 6.04 Å². The summed E-state index contributed by atoms with van der Waals surface area (Å²) in [5.74, 6) is 0.717. The third-order valence-corrected chi connectivity index (χ3v) is 4.13. The first-order valence-electron chi connectivity index (χ1n) is 6.35. The molecule has 2 rings (SSSR count). The fraction of sp³-hybridized carbons (Fsp3) is 0.571. The molecule has 1 aromatic carbocycles. The number of hydrogen-bond donors (Lipinski definition) is 1. The second-order valence-corrected chi connectivity index (χ2v) is 6.41. The molecule has 1 atom stereocenters. The van der Waals surface area contributed by atoms with Gasteiger partial charge in [0.25, 0.3) is 0 Å². The lowest BCUT2D eigenvalue weighted by molar-refractivity contribution is 0.168. The molecular formula is C14H21IN2. The van der Waals surface area contributed by atoms with E-state index in [4.69, 9.17) is 0 Å². The molecule has 0 radical (unpaired) electrons. The van der Waals surface area contributed by atoms with Gasteiger partial charge in [0, 0.05) is 35.8 Å². The minimum absolute atomic E-state index is 0.646. The Kier molecular flexibility index (Phi) is 4.82. The first-order valence-corrected chi connectivity index (χ1v) is 7.43. The van der Waals surface area contributed by atoms with Gasteiger partial charge in [0.1, 0.15) is 0 Å². The molecule has 0 amide bonds. The summed E-state index contributed by atoms with van der Waals surface area (Å²) in [6.45, 7) is 9.13. The molecule has 0 aromatic heterocycles. The van der Waals surface area contributed by atoms with Crippen LogP contribution >= 0.6 is 22.6 Å². The Bertz CT molecular complexity index is 348. The fourth-order valence-corrected chi connectivity index (χ4v) is 2.64. The quantitative estimate of drug-likeness (QED) is 0.849. The van der Waals surface area contributed by atoms with Crippen molar-refractivity contribution in [2.24, 2.45) is 5.92 Å². The van der Waals surface area contributed by atoms with Gasteiger partial charge >= 0.3 is 0 Å². The Morgan fingerprint density at radius 2 is 2.06 bits per heavy atom. The number of nitrogens with one attached hydrogen (secondary N) is 1. The lowest BCUT2D eigenvalue weighted by Gasteiger charge is -2.35. The van der Waals surface area contributed by atoms with Gasteiger partial charge in [0.05, 0.1) is 0 Å². The molecule has 1 aromatic rings. The van der Waals surface area contributed by atoms with Crippen LogP contribution in [0, 0.1) is 9.49 Å². The monoisotopic (exact) mass is 344 g/mol. The van der Waals surface area contributed by atoms with E-state index in [0.717, 1.165) is 25.6 Å². The van der Waals surface area contributed by atoms with Gasteiger partial charge < -0.3 is 5.32 Å². The summed E-state index contributed by atoms with van der Waals surface area (Å²) >= 11 is 2.36. The molecule has 1 aliphatic rings. The van der Waals surface area contributed by atoms with Gasteiger partial charge in [-0.3, -0.25) is 4.90 Å². The summed E-state index contributed by atoms with van der Waals surface area (Å²) < 4.78 is 1.31. The third kappa shape index (κ3) is 3.93. The predicted octanol–water partition coefficient (Wildman–Crippen LogP) is 2.72. The molecule has 17 heavy (non-hydrogen) atoms. The van der Waals surface area contributed by atoms with Crippen LogP contribution in [0.2, 0.25) is 0 Å². The van der Waals surface area contributed by atoms with Crippen LogP contribution < -0.4 is 5.32 Å². The minimum Gasteiger partial charge on any atom is -0.311 e. The van der Waals surface area contributed by atoms with Crippen LogP contribution in [-0.4, -0.2) is 30.6 Å². The van der Waals surface area contributed by atoms with Gasteiger partial charge in [0.15, 0.2) is 0 Å². The largest absolute Gasteiger partial charge is 0.311 e. The SMILES string of the molecule is CC(C)C1CN(Cc2ccc(I)cc2)CCN1.